The second-order valence-corrected chi connectivity index (χ2v) is 4.42. The summed E-state index contributed by atoms with van der Waals surface area (Å²) in [4.78, 5) is 0. The van der Waals surface area contributed by atoms with Gasteiger partial charge in [-0.25, -0.2) is 8.78 Å². The van der Waals surface area contributed by atoms with Crippen LogP contribution in [0.5, 0.6) is 0 Å². The zero-order chi connectivity index (χ0) is 13.2. The highest BCUT2D eigenvalue weighted by atomic mass is 79.9. The number of nitrogens with two attached hydrogens (primary N) is 1. The summed E-state index contributed by atoms with van der Waals surface area (Å²) in [5.41, 5.74) is 4.53. The van der Waals surface area contributed by atoms with Gasteiger partial charge in [-0.2, -0.15) is 13.2 Å². The van der Waals surface area contributed by atoms with Crippen LogP contribution in [-0.2, 0) is 6.18 Å². The molecule has 0 unspecified atom stereocenters. The summed E-state index contributed by atoms with van der Waals surface area (Å²) in [5.74, 6) is 0. The lowest BCUT2D eigenvalue weighted by atomic mass is 10.0. The summed E-state index contributed by atoms with van der Waals surface area (Å²) in [6.07, 6.45) is -7.85. The van der Waals surface area contributed by atoms with Crippen molar-refractivity contribution in [1.29, 1.82) is 0 Å². The van der Waals surface area contributed by atoms with E-state index in [4.69, 9.17) is 5.73 Å². The van der Waals surface area contributed by atoms with E-state index >= 15 is 0 Å². The molecule has 18 heavy (non-hydrogen) atoms. The van der Waals surface area contributed by atoms with Crippen LogP contribution in [0.2, 0.25) is 0 Å². The monoisotopic (exact) mass is 353 g/mol. The van der Waals surface area contributed by atoms with Crippen LogP contribution in [0.3, 0.4) is 0 Å². The Morgan fingerprint density at radius 2 is 1.72 bits per heavy atom. The maximum atomic E-state index is 12.5. The first kappa shape index (κ1) is 17.6. The Hall–Kier alpha value is -0.400. The third-order valence-corrected chi connectivity index (χ3v) is 2.57. The summed E-state index contributed by atoms with van der Waals surface area (Å²) in [7, 11) is 0. The molecule has 2 N–H and O–H groups in total. The van der Waals surface area contributed by atoms with Gasteiger partial charge in [-0.15, -0.1) is 12.4 Å². The molecule has 0 amide bonds. The minimum atomic E-state index is -4.52. The summed E-state index contributed by atoms with van der Waals surface area (Å²) in [6.45, 7) is 0. The quantitative estimate of drug-likeness (QED) is 0.792. The van der Waals surface area contributed by atoms with Crippen molar-refractivity contribution < 1.29 is 22.0 Å². The average Bonchev–Trinajstić information content (AvgIpc) is 2.14. The second-order valence-electron chi connectivity index (χ2n) is 3.50. The minimum Gasteiger partial charge on any atom is -0.324 e. The molecular formula is C10H10BrClF5N. The highest BCUT2D eigenvalue weighted by molar-refractivity contribution is 9.10. The van der Waals surface area contributed by atoms with Crippen LogP contribution in [0.1, 0.15) is 23.6 Å². The Morgan fingerprint density at radius 3 is 2.17 bits per heavy atom. The van der Waals surface area contributed by atoms with Gasteiger partial charge >= 0.3 is 6.18 Å². The van der Waals surface area contributed by atoms with Crippen molar-refractivity contribution in [3.05, 3.63) is 33.8 Å². The van der Waals surface area contributed by atoms with E-state index in [0.717, 1.165) is 12.1 Å². The Kier molecular flexibility index (Phi) is 6.53. The van der Waals surface area contributed by atoms with Gasteiger partial charge in [0, 0.05) is 16.9 Å². The first-order chi connectivity index (χ1) is 7.70. The van der Waals surface area contributed by atoms with E-state index in [1.807, 2.05) is 0 Å². The molecule has 8 heteroatoms. The van der Waals surface area contributed by atoms with Gasteiger partial charge < -0.3 is 5.73 Å². The fourth-order valence-electron chi connectivity index (χ4n) is 1.32. The molecule has 0 aliphatic carbocycles. The van der Waals surface area contributed by atoms with Gasteiger partial charge in [0.1, 0.15) is 0 Å². The summed E-state index contributed by atoms with van der Waals surface area (Å²) in [6, 6.07) is 1.85. The van der Waals surface area contributed by atoms with Crippen molar-refractivity contribution in [3.63, 3.8) is 0 Å². The van der Waals surface area contributed by atoms with Crippen LogP contribution in [-0.4, -0.2) is 6.43 Å². The van der Waals surface area contributed by atoms with Gasteiger partial charge in [0.05, 0.1) is 5.56 Å². The molecule has 0 saturated carbocycles. The Morgan fingerprint density at radius 1 is 1.17 bits per heavy atom. The Bertz CT molecular complexity index is 396. The van der Waals surface area contributed by atoms with Crippen molar-refractivity contribution in [3.8, 4) is 0 Å². The van der Waals surface area contributed by atoms with E-state index in [9.17, 15) is 22.0 Å². The predicted octanol–water partition coefficient (Wildman–Crippen LogP) is 4.54. The SMILES string of the molecule is Cl.N[C@@H](CC(F)F)c1cc(Br)cc(C(F)(F)F)c1. The highest BCUT2D eigenvalue weighted by Crippen LogP contribution is 2.33. The van der Waals surface area contributed by atoms with Gasteiger partial charge in [-0.3, -0.25) is 0 Å². The van der Waals surface area contributed by atoms with Crippen LogP contribution in [0.15, 0.2) is 22.7 Å². The molecular weight excluding hydrogens is 344 g/mol. The van der Waals surface area contributed by atoms with Crippen LogP contribution in [0.25, 0.3) is 0 Å². The van der Waals surface area contributed by atoms with E-state index in [1.54, 1.807) is 0 Å². The first-order valence-corrected chi connectivity index (χ1v) is 5.41. The third-order valence-electron chi connectivity index (χ3n) is 2.11. The topological polar surface area (TPSA) is 26.0 Å². The zero-order valence-corrected chi connectivity index (χ0v) is 11.2. The van der Waals surface area contributed by atoms with Gasteiger partial charge in [0.25, 0.3) is 0 Å². The van der Waals surface area contributed by atoms with Crippen molar-refractivity contribution in [2.24, 2.45) is 5.73 Å². The van der Waals surface area contributed by atoms with Crippen molar-refractivity contribution in [2.45, 2.75) is 25.1 Å². The smallest absolute Gasteiger partial charge is 0.324 e. The Labute approximate surface area is 115 Å². The molecule has 104 valence electrons. The van der Waals surface area contributed by atoms with Gasteiger partial charge in [-0.05, 0) is 23.8 Å². The van der Waals surface area contributed by atoms with E-state index in [-0.39, 0.29) is 22.4 Å². The van der Waals surface area contributed by atoms with Crippen LogP contribution in [0.4, 0.5) is 22.0 Å². The summed E-state index contributed by atoms with van der Waals surface area (Å²) < 4.78 is 61.7. The van der Waals surface area contributed by atoms with E-state index in [1.165, 1.54) is 6.07 Å². The van der Waals surface area contributed by atoms with E-state index < -0.39 is 30.6 Å². The van der Waals surface area contributed by atoms with Crippen molar-refractivity contribution in [1.82, 2.24) is 0 Å². The van der Waals surface area contributed by atoms with Crippen LogP contribution < -0.4 is 5.73 Å². The molecule has 0 spiro atoms. The molecule has 1 aromatic rings. The maximum absolute atomic E-state index is 12.5. The molecule has 0 aromatic heterocycles. The van der Waals surface area contributed by atoms with Gasteiger partial charge in [0.2, 0.25) is 6.43 Å². The molecule has 0 saturated heterocycles. The number of rotatable bonds is 3. The summed E-state index contributed by atoms with van der Waals surface area (Å²) >= 11 is 2.90. The first-order valence-electron chi connectivity index (χ1n) is 4.61. The van der Waals surface area contributed by atoms with Crippen molar-refractivity contribution >= 4 is 28.3 Å². The molecule has 0 bridgehead atoms. The number of hydrogen-bond donors (Lipinski definition) is 1. The largest absolute Gasteiger partial charge is 0.416 e. The number of halogens is 7. The number of alkyl halides is 5. The standard InChI is InChI=1S/C10H9BrF5N.ClH/c11-7-2-5(8(17)4-9(12)13)1-6(3-7)10(14,15)16;/h1-3,8-9H,4,17H2;1H/t8-;/m0./s1. The molecule has 1 aromatic carbocycles. The third kappa shape index (κ3) is 5.07. The van der Waals surface area contributed by atoms with E-state index in [2.05, 4.69) is 15.9 Å². The fraction of sp³-hybridized carbons (Fsp3) is 0.400. The lowest BCUT2D eigenvalue weighted by molar-refractivity contribution is -0.137. The average molecular weight is 355 g/mol. The van der Waals surface area contributed by atoms with E-state index in [0.29, 0.717) is 0 Å². The lowest BCUT2D eigenvalue weighted by Gasteiger charge is -2.15. The predicted molar refractivity (Wildman–Crippen MR) is 63.9 cm³/mol. The van der Waals surface area contributed by atoms with Crippen LogP contribution >= 0.6 is 28.3 Å². The second kappa shape index (κ2) is 6.68. The normalized spacial score (nSPS) is 13.3. The van der Waals surface area contributed by atoms with Crippen molar-refractivity contribution in [2.75, 3.05) is 0 Å². The molecule has 1 nitrogen and oxygen atoms in total. The Balaban J connectivity index is 0.00000289. The summed E-state index contributed by atoms with van der Waals surface area (Å²) in [5, 5.41) is 0. The molecule has 1 atom stereocenters. The maximum Gasteiger partial charge on any atom is 0.416 e. The molecule has 0 radical (unpaired) electrons. The number of hydrogen-bond acceptors (Lipinski definition) is 1. The molecule has 1 rings (SSSR count). The highest BCUT2D eigenvalue weighted by Gasteiger charge is 2.31. The fourth-order valence-corrected chi connectivity index (χ4v) is 1.83. The van der Waals surface area contributed by atoms with Gasteiger partial charge in [-0.1, -0.05) is 15.9 Å². The molecule has 0 aliphatic rings. The lowest BCUT2D eigenvalue weighted by Crippen LogP contribution is -2.15. The minimum absolute atomic E-state index is 0. The molecule has 0 aliphatic heterocycles. The van der Waals surface area contributed by atoms with Crippen LogP contribution in [0, 0.1) is 0 Å². The molecule has 0 heterocycles. The number of benzene rings is 1. The zero-order valence-electron chi connectivity index (χ0n) is 8.85. The van der Waals surface area contributed by atoms with Gasteiger partial charge in [0.15, 0.2) is 0 Å². The molecule has 0 fully saturated rings.